The van der Waals surface area contributed by atoms with Gasteiger partial charge in [0.2, 0.25) is 0 Å². The van der Waals surface area contributed by atoms with Crippen LogP contribution >= 0.6 is 0 Å². The average molecular weight is 432 g/mol. The maximum atomic E-state index is 11.9. The van der Waals surface area contributed by atoms with E-state index in [1.807, 2.05) is 0 Å². The number of nitrogens with two attached hydrogens (primary N) is 1. The lowest BCUT2D eigenvalue weighted by Crippen LogP contribution is -2.32. The molecule has 1 amide bonds. The van der Waals surface area contributed by atoms with Crippen LogP contribution in [0.2, 0.25) is 0 Å². The Hall–Kier alpha value is -4.17. The van der Waals surface area contributed by atoms with Crippen LogP contribution in [0.3, 0.4) is 0 Å². The summed E-state index contributed by atoms with van der Waals surface area (Å²) in [4.78, 5) is 35.6. The van der Waals surface area contributed by atoms with Crippen LogP contribution in [-0.4, -0.2) is 36.7 Å². The number of fused-ring (bicyclic) bond motifs is 2. The van der Waals surface area contributed by atoms with E-state index in [0.717, 1.165) is 0 Å². The molecule has 2 aromatic carbocycles. The summed E-state index contributed by atoms with van der Waals surface area (Å²) < 4.78 is 11.5. The Morgan fingerprint density at radius 2 is 1.84 bits per heavy atom. The van der Waals surface area contributed by atoms with Gasteiger partial charge in [-0.1, -0.05) is 18.2 Å². The largest absolute Gasteiger partial charge is 0.484 e. The molecule has 0 fully saturated rings. The minimum atomic E-state index is -1.06. The van der Waals surface area contributed by atoms with Gasteiger partial charge in [-0.25, -0.2) is 4.79 Å². The van der Waals surface area contributed by atoms with Crippen molar-refractivity contribution in [3.05, 3.63) is 76.5 Å². The number of hydrogen-bond donors (Lipinski definition) is 3. The summed E-state index contributed by atoms with van der Waals surface area (Å²) >= 11 is 0. The summed E-state index contributed by atoms with van der Waals surface area (Å²) in [5, 5.41) is 13.0. The number of nitrogens with one attached hydrogen (secondary N) is 1. The van der Waals surface area contributed by atoms with Crippen molar-refractivity contribution in [1.82, 2.24) is 5.32 Å². The van der Waals surface area contributed by atoms with E-state index in [1.54, 1.807) is 42.5 Å². The highest BCUT2D eigenvalue weighted by molar-refractivity contribution is 6.07. The summed E-state index contributed by atoms with van der Waals surface area (Å²) in [6, 6.07) is 16.1. The molecule has 162 valence electrons. The van der Waals surface area contributed by atoms with E-state index in [9.17, 15) is 19.5 Å². The third-order valence-electron chi connectivity index (χ3n) is 4.93. The average Bonchev–Trinajstić information content (AvgIpc) is 2.79. The predicted octanol–water partition coefficient (Wildman–Crippen LogP) is 2.72. The smallest absolute Gasteiger partial charge is 0.336 e. The van der Waals surface area contributed by atoms with Gasteiger partial charge in [0.25, 0.3) is 5.91 Å². The molecule has 2 aromatic rings. The van der Waals surface area contributed by atoms with Crippen LogP contribution in [0.25, 0.3) is 33.4 Å². The normalized spacial score (nSPS) is 10.9. The highest BCUT2D eigenvalue weighted by atomic mass is 16.5. The Morgan fingerprint density at radius 1 is 1.03 bits per heavy atom. The summed E-state index contributed by atoms with van der Waals surface area (Å²) in [5.74, 6) is -0.665. The quantitative estimate of drug-likeness (QED) is 0.383. The molecule has 8 heteroatoms. The van der Waals surface area contributed by atoms with E-state index < -0.39 is 5.97 Å². The van der Waals surface area contributed by atoms with Crippen molar-refractivity contribution in [1.29, 1.82) is 0 Å². The Balaban J connectivity index is 1.86. The van der Waals surface area contributed by atoms with Gasteiger partial charge >= 0.3 is 5.97 Å². The molecule has 0 unspecified atom stereocenters. The molecule has 8 nitrogen and oxygen atoms in total. The van der Waals surface area contributed by atoms with E-state index in [4.69, 9.17) is 14.9 Å². The number of amides is 1. The molecule has 0 saturated carbocycles. The molecule has 1 heterocycles. The van der Waals surface area contributed by atoms with Crippen LogP contribution in [0.1, 0.15) is 10.4 Å². The first kappa shape index (κ1) is 21.1. The van der Waals surface area contributed by atoms with Gasteiger partial charge < -0.3 is 25.3 Å². The number of carboxylic acid groups (broad SMARTS) is 1. The molecule has 2 aliphatic rings. The van der Waals surface area contributed by atoms with Crippen molar-refractivity contribution >= 4 is 22.8 Å². The standard InChI is InChI=1S/C24H20N2O6/c25-9-10-26-22(28)13-31-15-6-8-19-21(12-15)32-20-11-14(27)5-7-18(20)23(19)16-3-1-2-4-17(16)24(29)30/h1-8,11-12H,9-10,13,25H2,(H,26,28)(H,29,30). The Bertz CT molecular complexity index is 1340. The van der Waals surface area contributed by atoms with E-state index in [1.165, 1.54) is 18.2 Å². The summed E-state index contributed by atoms with van der Waals surface area (Å²) in [7, 11) is 0. The van der Waals surface area contributed by atoms with Crippen LogP contribution in [0.5, 0.6) is 5.75 Å². The van der Waals surface area contributed by atoms with E-state index >= 15 is 0 Å². The van der Waals surface area contributed by atoms with Crippen LogP contribution < -0.4 is 21.2 Å². The number of hydrogen-bond acceptors (Lipinski definition) is 6. The zero-order chi connectivity index (χ0) is 22.7. The first-order chi connectivity index (χ1) is 15.5. The van der Waals surface area contributed by atoms with Gasteiger partial charge in [0.1, 0.15) is 17.1 Å². The van der Waals surface area contributed by atoms with Gasteiger partial charge in [0, 0.05) is 41.7 Å². The van der Waals surface area contributed by atoms with Crippen LogP contribution in [0, 0.1) is 0 Å². The summed E-state index contributed by atoms with van der Waals surface area (Å²) in [5.41, 5.74) is 7.39. The second-order valence-electron chi connectivity index (χ2n) is 7.07. The number of ether oxygens (including phenoxy) is 1. The third-order valence-corrected chi connectivity index (χ3v) is 4.93. The van der Waals surface area contributed by atoms with Gasteiger partial charge in [0.15, 0.2) is 12.0 Å². The van der Waals surface area contributed by atoms with Crippen molar-refractivity contribution in [2.24, 2.45) is 5.73 Å². The van der Waals surface area contributed by atoms with Gasteiger partial charge in [-0.3, -0.25) is 9.59 Å². The molecule has 32 heavy (non-hydrogen) atoms. The van der Waals surface area contributed by atoms with Gasteiger partial charge in [0.05, 0.1) is 5.56 Å². The summed E-state index contributed by atoms with van der Waals surface area (Å²) in [6.07, 6.45) is 0. The van der Waals surface area contributed by atoms with Crippen LogP contribution in [0.15, 0.2) is 69.9 Å². The van der Waals surface area contributed by atoms with E-state index in [0.29, 0.717) is 52.3 Å². The SMILES string of the molecule is NCCNC(=O)COc1ccc2c(-c3ccccc3C(=O)O)c3ccc(=O)cc-3oc2c1. The Labute approximate surface area is 182 Å². The minimum Gasteiger partial charge on any atom is -0.484 e. The number of carbonyl (C=O) groups excluding carboxylic acids is 1. The number of rotatable bonds is 7. The minimum absolute atomic E-state index is 0.129. The van der Waals surface area contributed by atoms with Crippen LogP contribution in [0.4, 0.5) is 0 Å². The molecule has 0 radical (unpaired) electrons. The van der Waals surface area contributed by atoms with Crippen molar-refractivity contribution in [3.8, 4) is 28.2 Å². The molecule has 4 N–H and O–H groups in total. The molecule has 0 bridgehead atoms. The van der Waals surface area contributed by atoms with Gasteiger partial charge in [-0.05, 0) is 35.9 Å². The lowest BCUT2D eigenvalue weighted by atomic mass is 9.91. The molecule has 1 aliphatic carbocycles. The Morgan fingerprint density at radius 3 is 2.62 bits per heavy atom. The van der Waals surface area contributed by atoms with Crippen LogP contribution in [-0.2, 0) is 4.79 Å². The Kier molecular flexibility index (Phi) is 5.87. The van der Waals surface area contributed by atoms with Gasteiger partial charge in [-0.15, -0.1) is 0 Å². The first-order valence-corrected chi connectivity index (χ1v) is 9.91. The van der Waals surface area contributed by atoms with E-state index in [-0.39, 0.29) is 23.5 Å². The monoisotopic (exact) mass is 432 g/mol. The molecule has 0 saturated heterocycles. The molecular weight excluding hydrogens is 412 g/mol. The fourth-order valence-electron chi connectivity index (χ4n) is 3.53. The fraction of sp³-hybridized carbons (Fsp3) is 0.125. The maximum absolute atomic E-state index is 11.9. The third kappa shape index (κ3) is 4.17. The van der Waals surface area contributed by atoms with Crippen molar-refractivity contribution in [2.45, 2.75) is 0 Å². The number of carbonyl (C=O) groups is 2. The van der Waals surface area contributed by atoms with Crippen molar-refractivity contribution in [2.75, 3.05) is 19.7 Å². The highest BCUT2D eigenvalue weighted by Gasteiger charge is 2.21. The van der Waals surface area contributed by atoms with Gasteiger partial charge in [-0.2, -0.15) is 0 Å². The predicted molar refractivity (Wildman–Crippen MR) is 119 cm³/mol. The maximum Gasteiger partial charge on any atom is 0.336 e. The lowest BCUT2D eigenvalue weighted by molar-refractivity contribution is -0.123. The topological polar surface area (TPSA) is 132 Å². The number of benzene rings is 3. The molecular formula is C24H20N2O6. The number of aromatic carboxylic acids is 1. The zero-order valence-corrected chi connectivity index (χ0v) is 17.0. The lowest BCUT2D eigenvalue weighted by Gasteiger charge is -2.17. The fourth-order valence-corrected chi connectivity index (χ4v) is 3.53. The van der Waals surface area contributed by atoms with E-state index in [2.05, 4.69) is 5.32 Å². The van der Waals surface area contributed by atoms with Crippen molar-refractivity contribution in [3.63, 3.8) is 0 Å². The molecule has 0 aromatic heterocycles. The molecule has 0 spiro atoms. The molecule has 1 aliphatic heterocycles. The second kappa shape index (κ2) is 8.91. The van der Waals surface area contributed by atoms with Crippen molar-refractivity contribution < 1.29 is 23.8 Å². The number of carboxylic acids is 1. The molecule has 4 rings (SSSR count). The summed E-state index contributed by atoms with van der Waals surface area (Å²) in [6.45, 7) is 0.486. The molecule has 0 atom stereocenters. The second-order valence-corrected chi connectivity index (χ2v) is 7.07. The highest BCUT2D eigenvalue weighted by Crippen LogP contribution is 2.41. The zero-order valence-electron chi connectivity index (χ0n) is 17.0. The first-order valence-electron chi connectivity index (χ1n) is 9.91.